The third kappa shape index (κ3) is 4.26. The SMILES string of the molecule is O=C(COC(=O)CNC(=O)C12CC3CC(CC(C3)C1)C2)Nc1cc(F)ccc1F. The van der Waals surface area contributed by atoms with Gasteiger partial charge < -0.3 is 15.4 Å². The Hall–Kier alpha value is -2.51. The van der Waals surface area contributed by atoms with E-state index in [1.54, 1.807) is 0 Å². The lowest BCUT2D eigenvalue weighted by Gasteiger charge is -2.55. The normalized spacial score (nSPS) is 29.4. The summed E-state index contributed by atoms with van der Waals surface area (Å²) in [4.78, 5) is 36.5. The topological polar surface area (TPSA) is 84.5 Å². The number of esters is 1. The lowest BCUT2D eigenvalue weighted by atomic mass is 9.49. The molecule has 0 spiro atoms. The number of benzene rings is 1. The van der Waals surface area contributed by atoms with Crippen molar-refractivity contribution in [2.75, 3.05) is 18.5 Å². The van der Waals surface area contributed by atoms with Crippen LogP contribution < -0.4 is 10.6 Å². The van der Waals surface area contributed by atoms with Crippen molar-refractivity contribution in [3.05, 3.63) is 29.8 Å². The molecule has 0 unspecified atom stereocenters. The molecule has 0 radical (unpaired) electrons. The van der Waals surface area contributed by atoms with Crippen LogP contribution in [0.15, 0.2) is 18.2 Å². The number of hydrogen-bond acceptors (Lipinski definition) is 4. The maximum absolute atomic E-state index is 13.5. The van der Waals surface area contributed by atoms with Crippen LogP contribution in [0.25, 0.3) is 0 Å². The molecule has 5 rings (SSSR count). The van der Waals surface area contributed by atoms with Crippen LogP contribution in [0, 0.1) is 34.8 Å². The van der Waals surface area contributed by atoms with E-state index < -0.39 is 30.1 Å². The van der Waals surface area contributed by atoms with Crippen LogP contribution >= 0.6 is 0 Å². The van der Waals surface area contributed by atoms with Crippen LogP contribution in [0.1, 0.15) is 38.5 Å². The summed E-state index contributed by atoms with van der Waals surface area (Å²) < 4.78 is 31.5. The molecule has 4 aliphatic rings. The molecule has 0 saturated heterocycles. The zero-order valence-electron chi connectivity index (χ0n) is 16.0. The van der Waals surface area contributed by atoms with Gasteiger partial charge >= 0.3 is 5.97 Å². The van der Waals surface area contributed by atoms with Crippen molar-refractivity contribution in [2.24, 2.45) is 23.2 Å². The van der Waals surface area contributed by atoms with Gasteiger partial charge in [0, 0.05) is 11.5 Å². The Morgan fingerprint density at radius 2 is 1.66 bits per heavy atom. The maximum atomic E-state index is 13.5. The van der Waals surface area contributed by atoms with Gasteiger partial charge in [-0.1, -0.05) is 0 Å². The van der Waals surface area contributed by atoms with Crippen molar-refractivity contribution in [1.82, 2.24) is 5.32 Å². The first-order valence-corrected chi connectivity index (χ1v) is 10.0. The van der Waals surface area contributed by atoms with Crippen LogP contribution in [-0.4, -0.2) is 30.9 Å². The molecular weight excluding hydrogens is 382 g/mol. The molecule has 4 bridgehead atoms. The van der Waals surface area contributed by atoms with Crippen LogP contribution in [0.3, 0.4) is 0 Å². The molecule has 0 atom stereocenters. The lowest BCUT2D eigenvalue weighted by Crippen LogP contribution is -2.54. The second-order valence-electron chi connectivity index (χ2n) is 8.71. The number of anilines is 1. The van der Waals surface area contributed by atoms with E-state index in [0.29, 0.717) is 17.8 Å². The molecule has 4 fully saturated rings. The zero-order valence-corrected chi connectivity index (χ0v) is 16.0. The lowest BCUT2D eigenvalue weighted by molar-refractivity contribution is -0.152. The summed E-state index contributed by atoms with van der Waals surface area (Å²) in [5.74, 6) is -1.30. The molecule has 2 N–H and O–H groups in total. The summed E-state index contributed by atoms with van der Waals surface area (Å²) >= 11 is 0. The van der Waals surface area contributed by atoms with E-state index >= 15 is 0 Å². The first kappa shape index (κ1) is 19.8. The van der Waals surface area contributed by atoms with E-state index in [-0.39, 0.29) is 23.6 Å². The van der Waals surface area contributed by atoms with Crippen molar-refractivity contribution >= 4 is 23.5 Å². The van der Waals surface area contributed by atoms with Crippen LogP contribution in [0.2, 0.25) is 0 Å². The highest BCUT2D eigenvalue weighted by molar-refractivity contribution is 5.93. The van der Waals surface area contributed by atoms with Gasteiger partial charge in [-0.15, -0.1) is 0 Å². The summed E-state index contributed by atoms with van der Waals surface area (Å²) in [6.45, 7) is -0.968. The molecule has 6 nitrogen and oxygen atoms in total. The number of ether oxygens (including phenoxy) is 1. The van der Waals surface area contributed by atoms with Gasteiger partial charge in [0.15, 0.2) is 6.61 Å². The highest BCUT2D eigenvalue weighted by Gasteiger charge is 2.54. The van der Waals surface area contributed by atoms with E-state index in [2.05, 4.69) is 10.6 Å². The summed E-state index contributed by atoms with van der Waals surface area (Å²) in [5, 5.41) is 4.82. The van der Waals surface area contributed by atoms with Crippen molar-refractivity contribution < 1.29 is 27.9 Å². The highest BCUT2D eigenvalue weighted by atomic mass is 19.1. The molecule has 4 aliphatic carbocycles. The standard InChI is InChI=1S/C21H24F2N2O4/c22-15-1-2-16(23)17(6-15)25-18(26)11-29-19(27)10-24-20(28)21-7-12-3-13(8-21)5-14(4-12)9-21/h1-2,6,12-14H,3-5,7-11H2,(H,24,28)(H,25,26). The van der Waals surface area contributed by atoms with Gasteiger partial charge in [0.25, 0.3) is 5.91 Å². The fraction of sp³-hybridized carbons (Fsp3) is 0.571. The molecule has 29 heavy (non-hydrogen) atoms. The van der Waals surface area contributed by atoms with E-state index in [9.17, 15) is 23.2 Å². The average molecular weight is 406 g/mol. The molecule has 2 amide bonds. The Morgan fingerprint density at radius 1 is 1.03 bits per heavy atom. The minimum atomic E-state index is -0.797. The Balaban J connectivity index is 1.23. The van der Waals surface area contributed by atoms with Crippen LogP contribution in [0.4, 0.5) is 14.5 Å². The summed E-state index contributed by atoms with van der Waals surface area (Å²) in [7, 11) is 0. The first-order valence-electron chi connectivity index (χ1n) is 10.0. The Labute approximate surface area is 167 Å². The highest BCUT2D eigenvalue weighted by Crippen LogP contribution is 2.60. The van der Waals surface area contributed by atoms with Gasteiger partial charge in [0.05, 0.1) is 5.69 Å². The Kier molecular flexibility index (Phi) is 5.27. The monoisotopic (exact) mass is 406 g/mol. The van der Waals surface area contributed by atoms with Gasteiger partial charge in [-0.25, -0.2) is 8.78 Å². The third-order valence-electron chi connectivity index (χ3n) is 6.48. The van der Waals surface area contributed by atoms with Crippen molar-refractivity contribution in [1.29, 1.82) is 0 Å². The number of hydrogen-bond donors (Lipinski definition) is 2. The molecule has 1 aromatic rings. The Morgan fingerprint density at radius 3 is 2.28 bits per heavy atom. The largest absolute Gasteiger partial charge is 0.454 e. The van der Waals surface area contributed by atoms with E-state index in [0.717, 1.165) is 37.5 Å². The molecule has 0 heterocycles. The number of amides is 2. The van der Waals surface area contributed by atoms with Crippen LogP contribution in [-0.2, 0) is 19.1 Å². The summed E-state index contributed by atoms with van der Waals surface area (Å²) in [6.07, 6.45) is 6.32. The fourth-order valence-corrected chi connectivity index (χ4v) is 5.71. The average Bonchev–Trinajstić information content (AvgIpc) is 2.66. The molecule has 1 aromatic carbocycles. The minimum absolute atomic E-state index is 0.0974. The van der Waals surface area contributed by atoms with Crippen molar-refractivity contribution in [3.63, 3.8) is 0 Å². The maximum Gasteiger partial charge on any atom is 0.325 e. The minimum Gasteiger partial charge on any atom is -0.454 e. The van der Waals surface area contributed by atoms with E-state index in [1.165, 1.54) is 19.3 Å². The molecule has 4 saturated carbocycles. The van der Waals surface area contributed by atoms with Gasteiger partial charge in [0.1, 0.15) is 18.2 Å². The summed E-state index contributed by atoms with van der Waals surface area (Å²) in [5.41, 5.74) is -0.692. The smallest absolute Gasteiger partial charge is 0.325 e. The van der Waals surface area contributed by atoms with Gasteiger partial charge in [0.2, 0.25) is 5.91 Å². The van der Waals surface area contributed by atoms with E-state index in [4.69, 9.17) is 4.74 Å². The van der Waals surface area contributed by atoms with Gasteiger partial charge in [-0.05, 0) is 68.4 Å². The number of carbonyl (C=O) groups is 3. The number of rotatable bonds is 6. The number of carbonyl (C=O) groups excluding carboxylic acids is 3. The zero-order chi connectivity index (χ0) is 20.6. The molecule has 0 aliphatic heterocycles. The number of nitrogens with one attached hydrogen (secondary N) is 2. The predicted octanol–water partition coefficient (Wildman–Crippen LogP) is 2.78. The predicted molar refractivity (Wildman–Crippen MR) is 99.6 cm³/mol. The van der Waals surface area contributed by atoms with Crippen molar-refractivity contribution in [2.45, 2.75) is 38.5 Å². The first-order chi connectivity index (χ1) is 13.8. The Bertz CT molecular complexity index is 807. The number of halogens is 2. The third-order valence-corrected chi connectivity index (χ3v) is 6.48. The molecular formula is C21H24F2N2O4. The molecule has 8 heteroatoms. The molecule has 156 valence electrons. The fourth-order valence-electron chi connectivity index (χ4n) is 5.71. The summed E-state index contributed by atoms with van der Waals surface area (Å²) in [6, 6.07) is 2.65. The second kappa shape index (κ2) is 7.72. The van der Waals surface area contributed by atoms with Gasteiger partial charge in [-0.2, -0.15) is 0 Å². The second-order valence-corrected chi connectivity index (χ2v) is 8.71. The van der Waals surface area contributed by atoms with Gasteiger partial charge in [-0.3, -0.25) is 14.4 Å². The van der Waals surface area contributed by atoms with Crippen molar-refractivity contribution in [3.8, 4) is 0 Å². The molecule has 0 aromatic heterocycles. The van der Waals surface area contributed by atoms with E-state index in [1.807, 2.05) is 0 Å². The van der Waals surface area contributed by atoms with Crippen LogP contribution in [0.5, 0.6) is 0 Å². The quantitative estimate of drug-likeness (QED) is 0.712.